The van der Waals surface area contributed by atoms with Crippen molar-refractivity contribution < 1.29 is 10.2 Å². The molecule has 0 saturated heterocycles. The Morgan fingerprint density at radius 2 is 1.62 bits per heavy atom. The molecule has 0 bridgehead atoms. The second kappa shape index (κ2) is 4.97. The summed E-state index contributed by atoms with van der Waals surface area (Å²) in [6, 6.07) is 0. The Balaban J connectivity index is 4.06. The van der Waals surface area contributed by atoms with E-state index in [4.69, 9.17) is 0 Å². The van der Waals surface area contributed by atoms with E-state index in [2.05, 4.69) is 13.8 Å². The van der Waals surface area contributed by atoms with Gasteiger partial charge in [-0.2, -0.15) is 0 Å². The molecular weight excluding hydrogens is 164 g/mol. The van der Waals surface area contributed by atoms with Crippen LogP contribution < -0.4 is 0 Å². The van der Waals surface area contributed by atoms with Gasteiger partial charge in [0.15, 0.2) is 0 Å². The van der Waals surface area contributed by atoms with Crippen LogP contribution in [-0.2, 0) is 0 Å². The van der Waals surface area contributed by atoms with Gasteiger partial charge in [0, 0.05) is 0 Å². The third-order valence-corrected chi connectivity index (χ3v) is 2.50. The first kappa shape index (κ1) is 12.9. The molecular formula is C11H24O2. The van der Waals surface area contributed by atoms with E-state index in [0.717, 1.165) is 6.42 Å². The van der Waals surface area contributed by atoms with Crippen molar-refractivity contribution in [3.05, 3.63) is 0 Å². The molecule has 0 rings (SSSR count). The van der Waals surface area contributed by atoms with Crippen LogP contribution in [0.5, 0.6) is 0 Å². The van der Waals surface area contributed by atoms with Crippen molar-refractivity contribution in [2.24, 2.45) is 11.8 Å². The zero-order chi connectivity index (χ0) is 10.6. The first-order valence-corrected chi connectivity index (χ1v) is 5.18. The van der Waals surface area contributed by atoms with E-state index in [-0.39, 0.29) is 5.92 Å². The van der Waals surface area contributed by atoms with Crippen LogP contribution in [0.4, 0.5) is 0 Å². The molecule has 0 aliphatic rings. The highest BCUT2D eigenvalue weighted by Crippen LogP contribution is 2.24. The molecule has 2 N–H and O–H groups in total. The summed E-state index contributed by atoms with van der Waals surface area (Å²) in [5.74, 6) is 0.688. The van der Waals surface area contributed by atoms with Crippen molar-refractivity contribution in [2.45, 2.75) is 59.2 Å². The topological polar surface area (TPSA) is 40.5 Å². The molecule has 2 atom stereocenters. The van der Waals surface area contributed by atoms with Crippen LogP contribution >= 0.6 is 0 Å². The van der Waals surface area contributed by atoms with E-state index < -0.39 is 11.7 Å². The predicted octanol–water partition coefficient (Wildman–Crippen LogP) is 2.19. The van der Waals surface area contributed by atoms with E-state index in [1.54, 1.807) is 6.92 Å². The molecule has 2 nitrogen and oxygen atoms in total. The van der Waals surface area contributed by atoms with Gasteiger partial charge in [-0.25, -0.2) is 0 Å². The Hall–Kier alpha value is -0.0800. The van der Waals surface area contributed by atoms with Gasteiger partial charge in [0.25, 0.3) is 0 Å². The van der Waals surface area contributed by atoms with E-state index in [9.17, 15) is 10.2 Å². The normalized spacial score (nSPS) is 19.2. The summed E-state index contributed by atoms with van der Waals surface area (Å²) in [5.41, 5.74) is -0.932. The fourth-order valence-corrected chi connectivity index (χ4v) is 1.45. The maximum atomic E-state index is 9.95. The lowest BCUT2D eigenvalue weighted by atomic mass is 9.85. The van der Waals surface area contributed by atoms with Gasteiger partial charge in [0.05, 0.1) is 11.7 Å². The Kier molecular flexibility index (Phi) is 4.93. The lowest BCUT2D eigenvalue weighted by Gasteiger charge is -2.32. The summed E-state index contributed by atoms with van der Waals surface area (Å²) < 4.78 is 0. The molecule has 0 aliphatic heterocycles. The Labute approximate surface area is 82.0 Å². The summed E-state index contributed by atoms with van der Waals surface area (Å²) in [6.07, 6.45) is 1.01. The fraction of sp³-hybridized carbons (Fsp3) is 1.00. The molecule has 80 valence electrons. The maximum absolute atomic E-state index is 9.95. The minimum Gasteiger partial charge on any atom is -0.390 e. The Morgan fingerprint density at radius 1 is 1.15 bits per heavy atom. The minimum atomic E-state index is -0.932. The number of aliphatic hydroxyl groups excluding tert-OH is 1. The summed E-state index contributed by atoms with van der Waals surface area (Å²) >= 11 is 0. The van der Waals surface area contributed by atoms with Crippen molar-refractivity contribution in [1.29, 1.82) is 0 Å². The van der Waals surface area contributed by atoms with Crippen molar-refractivity contribution in [2.75, 3.05) is 0 Å². The highest BCUT2D eigenvalue weighted by Gasteiger charge is 2.31. The molecule has 0 aromatic carbocycles. The highest BCUT2D eigenvalue weighted by molar-refractivity contribution is 4.83. The summed E-state index contributed by atoms with van der Waals surface area (Å²) in [4.78, 5) is 0. The van der Waals surface area contributed by atoms with Crippen molar-refractivity contribution in [3.63, 3.8) is 0 Å². The summed E-state index contributed by atoms with van der Waals surface area (Å²) in [7, 11) is 0. The van der Waals surface area contributed by atoms with Crippen molar-refractivity contribution in [3.8, 4) is 0 Å². The van der Waals surface area contributed by atoms with Crippen molar-refractivity contribution >= 4 is 0 Å². The second-order valence-corrected chi connectivity index (χ2v) is 4.98. The monoisotopic (exact) mass is 188 g/mol. The minimum absolute atomic E-state index is 0.113. The molecule has 2 heteroatoms. The average Bonchev–Trinajstić information content (AvgIpc) is 1.99. The molecule has 0 fully saturated rings. The molecule has 0 radical (unpaired) electrons. The molecule has 0 saturated carbocycles. The number of aliphatic hydroxyl groups is 2. The smallest absolute Gasteiger partial charge is 0.0880 e. The fourth-order valence-electron chi connectivity index (χ4n) is 1.45. The maximum Gasteiger partial charge on any atom is 0.0880 e. The first-order valence-electron chi connectivity index (χ1n) is 5.18. The van der Waals surface area contributed by atoms with Gasteiger partial charge < -0.3 is 10.2 Å². The number of rotatable bonds is 5. The van der Waals surface area contributed by atoms with Gasteiger partial charge in [-0.15, -0.1) is 0 Å². The molecule has 0 amide bonds. The zero-order valence-corrected chi connectivity index (χ0v) is 9.54. The molecule has 2 unspecified atom stereocenters. The van der Waals surface area contributed by atoms with Gasteiger partial charge >= 0.3 is 0 Å². The van der Waals surface area contributed by atoms with Crippen molar-refractivity contribution in [1.82, 2.24) is 0 Å². The third-order valence-electron chi connectivity index (χ3n) is 2.50. The van der Waals surface area contributed by atoms with Crippen LogP contribution in [-0.4, -0.2) is 21.9 Å². The Bertz CT molecular complexity index is 139. The zero-order valence-electron chi connectivity index (χ0n) is 9.54. The number of hydrogen-bond acceptors (Lipinski definition) is 2. The van der Waals surface area contributed by atoms with Gasteiger partial charge in [-0.3, -0.25) is 0 Å². The molecule has 0 aromatic heterocycles. The Morgan fingerprint density at radius 3 is 1.92 bits per heavy atom. The molecule has 0 heterocycles. The van der Waals surface area contributed by atoms with Gasteiger partial charge in [0.1, 0.15) is 0 Å². The predicted molar refractivity (Wildman–Crippen MR) is 55.5 cm³/mol. The van der Waals surface area contributed by atoms with Crippen LogP contribution in [0, 0.1) is 11.8 Å². The van der Waals surface area contributed by atoms with E-state index in [1.807, 2.05) is 13.8 Å². The molecule has 0 aromatic rings. The summed E-state index contributed by atoms with van der Waals surface area (Å²) in [6.45, 7) is 9.82. The quantitative estimate of drug-likeness (QED) is 0.694. The van der Waals surface area contributed by atoms with E-state index >= 15 is 0 Å². The summed E-state index contributed by atoms with van der Waals surface area (Å²) in [5, 5.41) is 19.7. The van der Waals surface area contributed by atoms with Crippen LogP contribution in [0.1, 0.15) is 47.5 Å². The van der Waals surface area contributed by atoms with Crippen LogP contribution in [0.15, 0.2) is 0 Å². The van der Waals surface area contributed by atoms with Crippen LogP contribution in [0.25, 0.3) is 0 Å². The molecule has 0 spiro atoms. The largest absolute Gasteiger partial charge is 0.390 e. The average molecular weight is 188 g/mol. The first-order chi connectivity index (χ1) is 5.77. The highest BCUT2D eigenvalue weighted by atomic mass is 16.3. The van der Waals surface area contributed by atoms with Crippen LogP contribution in [0.2, 0.25) is 0 Å². The van der Waals surface area contributed by atoms with E-state index in [1.165, 1.54) is 0 Å². The van der Waals surface area contributed by atoms with Crippen LogP contribution in [0.3, 0.4) is 0 Å². The lowest BCUT2D eigenvalue weighted by molar-refractivity contribution is -0.0892. The van der Waals surface area contributed by atoms with E-state index in [0.29, 0.717) is 12.3 Å². The number of hydrogen-bond donors (Lipinski definition) is 2. The standard InChI is InChI=1S/C11H24O2/c1-8(2)6-7-11(5,13)10(12)9(3)4/h8-10,12-13H,6-7H2,1-5H3. The third kappa shape index (κ3) is 4.63. The van der Waals surface area contributed by atoms with Gasteiger partial charge in [0.2, 0.25) is 0 Å². The second-order valence-electron chi connectivity index (χ2n) is 4.98. The van der Waals surface area contributed by atoms with Gasteiger partial charge in [-0.1, -0.05) is 27.7 Å². The van der Waals surface area contributed by atoms with Gasteiger partial charge in [-0.05, 0) is 31.6 Å². The molecule has 13 heavy (non-hydrogen) atoms. The SMILES string of the molecule is CC(C)CCC(C)(O)C(O)C(C)C. The lowest BCUT2D eigenvalue weighted by Crippen LogP contribution is -2.42. The molecule has 0 aliphatic carbocycles.